The van der Waals surface area contributed by atoms with Crippen LogP contribution in [0.1, 0.15) is 38.2 Å². The van der Waals surface area contributed by atoms with E-state index < -0.39 is 0 Å². The predicted molar refractivity (Wildman–Crippen MR) is 92.4 cm³/mol. The van der Waals surface area contributed by atoms with Gasteiger partial charge in [0.15, 0.2) is 0 Å². The molecule has 0 aliphatic rings. The van der Waals surface area contributed by atoms with Crippen LogP contribution in [0.5, 0.6) is 0 Å². The quantitative estimate of drug-likeness (QED) is 0.839. The number of ether oxygens (including phenoxy) is 1. The van der Waals surface area contributed by atoms with E-state index in [0.717, 1.165) is 33.5 Å². The average molecular weight is 313 g/mol. The van der Waals surface area contributed by atoms with Crippen LogP contribution in [0.3, 0.4) is 0 Å². The molecule has 0 amide bonds. The van der Waals surface area contributed by atoms with Crippen molar-refractivity contribution in [3.05, 3.63) is 57.6 Å². The molecule has 2 aromatic carbocycles. The third-order valence-electron chi connectivity index (χ3n) is 4.30. The van der Waals surface area contributed by atoms with Gasteiger partial charge in [0.1, 0.15) is 0 Å². The number of carbonyl (C=O) groups excluding carboxylic acids is 1. The van der Waals surface area contributed by atoms with Gasteiger partial charge in [0.2, 0.25) is 0 Å². The number of methoxy groups -OCH3 is 1. The standard InChI is InChI=1S/C19H23NO3/c1-11-8-9-16(17(14(11)4)19(22)23-5)20-18-13(3)7-6-12(2)15(18)10-21/h6-9,20-21H,10H2,1-5H3. The Morgan fingerprint density at radius 1 is 1.04 bits per heavy atom. The van der Waals surface area contributed by atoms with Crippen molar-refractivity contribution in [2.45, 2.75) is 34.3 Å². The SMILES string of the molecule is COC(=O)c1c(Nc2c(C)ccc(C)c2CO)ccc(C)c1C. The summed E-state index contributed by atoms with van der Waals surface area (Å²) in [7, 11) is 1.38. The van der Waals surface area contributed by atoms with Gasteiger partial charge in [0.05, 0.1) is 25.0 Å². The summed E-state index contributed by atoms with van der Waals surface area (Å²) < 4.78 is 4.93. The normalized spacial score (nSPS) is 10.5. The summed E-state index contributed by atoms with van der Waals surface area (Å²) in [5, 5.41) is 13.0. The Hall–Kier alpha value is -2.33. The number of benzene rings is 2. The fourth-order valence-electron chi connectivity index (χ4n) is 2.67. The largest absolute Gasteiger partial charge is 0.465 e. The minimum absolute atomic E-state index is 0.0613. The Bertz CT molecular complexity index is 751. The molecule has 0 radical (unpaired) electrons. The van der Waals surface area contributed by atoms with Gasteiger partial charge in [0.25, 0.3) is 0 Å². The smallest absolute Gasteiger partial charge is 0.340 e. The molecule has 0 saturated carbocycles. The van der Waals surface area contributed by atoms with Crippen molar-refractivity contribution < 1.29 is 14.6 Å². The zero-order valence-corrected chi connectivity index (χ0v) is 14.3. The second kappa shape index (κ2) is 6.84. The van der Waals surface area contributed by atoms with E-state index in [-0.39, 0.29) is 12.6 Å². The van der Waals surface area contributed by atoms with Gasteiger partial charge in [-0.3, -0.25) is 0 Å². The Kier molecular flexibility index (Phi) is 5.06. The Morgan fingerprint density at radius 3 is 2.26 bits per heavy atom. The minimum Gasteiger partial charge on any atom is -0.465 e. The van der Waals surface area contributed by atoms with Gasteiger partial charge in [-0.15, -0.1) is 0 Å². The lowest BCUT2D eigenvalue weighted by molar-refractivity contribution is 0.0601. The zero-order valence-electron chi connectivity index (χ0n) is 14.3. The van der Waals surface area contributed by atoms with E-state index in [1.807, 2.05) is 52.0 Å². The van der Waals surface area contributed by atoms with Crippen molar-refractivity contribution in [1.82, 2.24) is 0 Å². The Morgan fingerprint density at radius 2 is 1.65 bits per heavy atom. The monoisotopic (exact) mass is 313 g/mol. The molecule has 2 aromatic rings. The Balaban J connectivity index is 2.60. The van der Waals surface area contributed by atoms with Crippen LogP contribution in [0.25, 0.3) is 0 Å². The molecule has 0 aliphatic carbocycles. The molecule has 2 rings (SSSR count). The van der Waals surface area contributed by atoms with Crippen molar-refractivity contribution in [2.75, 3.05) is 12.4 Å². The van der Waals surface area contributed by atoms with E-state index in [1.165, 1.54) is 7.11 Å². The molecule has 0 bridgehead atoms. The molecule has 0 aliphatic heterocycles. The molecule has 0 atom stereocenters. The molecule has 4 heteroatoms. The number of hydrogen-bond acceptors (Lipinski definition) is 4. The molecule has 4 nitrogen and oxygen atoms in total. The maximum absolute atomic E-state index is 12.2. The molecule has 122 valence electrons. The first-order valence-corrected chi connectivity index (χ1v) is 7.56. The summed E-state index contributed by atoms with van der Waals surface area (Å²) >= 11 is 0. The van der Waals surface area contributed by atoms with E-state index >= 15 is 0 Å². The molecule has 0 spiro atoms. The molecule has 2 N–H and O–H groups in total. The van der Waals surface area contributed by atoms with Crippen LogP contribution >= 0.6 is 0 Å². The summed E-state index contributed by atoms with van der Waals surface area (Å²) in [5.74, 6) is -0.371. The second-order valence-corrected chi connectivity index (χ2v) is 5.76. The van der Waals surface area contributed by atoms with Crippen molar-refractivity contribution in [3.63, 3.8) is 0 Å². The lowest BCUT2D eigenvalue weighted by Crippen LogP contribution is -2.10. The van der Waals surface area contributed by atoms with Crippen LogP contribution < -0.4 is 5.32 Å². The lowest BCUT2D eigenvalue weighted by Gasteiger charge is -2.19. The highest BCUT2D eigenvalue weighted by Gasteiger charge is 2.18. The number of aliphatic hydroxyl groups is 1. The summed E-state index contributed by atoms with van der Waals surface area (Å²) in [6, 6.07) is 7.81. The number of hydrogen-bond donors (Lipinski definition) is 2. The summed E-state index contributed by atoms with van der Waals surface area (Å²) in [5.41, 5.74) is 6.80. The maximum Gasteiger partial charge on any atom is 0.340 e. The fraction of sp³-hybridized carbons (Fsp3) is 0.316. The van der Waals surface area contributed by atoms with Gasteiger partial charge in [0, 0.05) is 11.3 Å². The molecular weight excluding hydrogens is 290 g/mol. The van der Waals surface area contributed by atoms with Crippen molar-refractivity contribution in [1.29, 1.82) is 0 Å². The number of aliphatic hydroxyl groups excluding tert-OH is 1. The second-order valence-electron chi connectivity index (χ2n) is 5.76. The number of carbonyl (C=O) groups is 1. The lowest BCUT2D eigenvalue weighted by atomic mass is 9.99. The molecular formula is C19H23NO3. The van der Waals surface area contributed by atoms with Crippen LogP contribution in [0.2, 0.25) is 0 Å². The number of esters is 1. The third kappa shape index (κ3) is 3.22. The fourth-order valence-corrected chi connectivity index (χ4v) is 2.67. The van der Waals surface area contributed by atoms with Gasteiger partial charge in [-0.25, -0.2) is 4.79 Å². The topological polar surface area (TPSA) is 58.6 Å². The molecule has 23 heavy (non-hydrogen) atoms. The van der Waals surface area contributed by atoms with E-state index in [2.05, 4.69) is 5.32 Å². The minimum atomic E-state index is -0.371. The zero-order chi connectivity index (χ0) is 17.1. The van der Waals surface area contributed by atoms with E-state index in [1.54, 1.807) is 0 Å². The third-order valence-corrected chi connectivity index (χ3v) is 4.30. The van der Waals surface area contributed by atoms with Crippen LogP contribution in [-0.4, -0.2) is 18.2 Å². The average Bonchev–Trinajstić information content (AvgIpc) is 2.54. The number of nitrogens with one attached hydrogen (secondary N) is 1. The van der Waals surface area contributed by atoms with Crippen LogP contribution in [-0.2, 0) is 11.3 Å². The number of anilines is 2. The highest BCUT2D eigenvalue weighted by molar-refractivity contribution is 5.98. The highest BCUT2D eigenvalue weighted by Crippen LogP contribution is 2.31. The first-order valence-electron chi connectivity index (χ1n) is 7.56. The molecule has 0 aromatic heterocycles. The van der Waals surface area contributed by atoms with Gasteiger partial charge >= 0.3 is 5.97 Å². The summed E-state index contributed by atoms with van der Waals surface area (Å²) in [6.45, 7) is 7.73. The highest BCUT2D eigenvalue weighted by atomic mass is 16.5. The van der Waals surface area contributed by atoms with E-state index in [4.69, 9.17) is 4.74 Å². The van der Waals surface area contributed by atoms with Crippen LogP contribution in [0, 0.1) is 27.7 Å². The number of rotatable bonds is 4. The van der Waals surface area contributed by atoms with Gasteiger partial charge in [-0.1, -0.05) is 18.2 Å². The Labute approximate surface area is 137 Å². The predicted octanol–water partition coefficient (Wildman–Crippen LogP) is 3.94. The summed E-state index contributed by atoms with van der Waals surface area (Å²) in [6.07, 6.45) is 0. The van der Waals surface area contributed by atoms with Crippen LogP contribution in [0.15, 0.2) is 24.3 Å². The number of aryl methyl sites for hydroxylation is 3. The van der Waals surface area contributed by atoms with Crippen molar-refractivity contribution in [3.8, 4) is 0 Å². The molecule has 0 heterocycles. The first-order chi connectivity index (χ1) is 10.9. The summed E-state index contributed by atoms with van der Waals surface area (Å²) in [4.78, 5) is 12.2. The van der Waals surface area contributed by atoms with Gasteiger partial charge < -0.3 is 15.2 Å². The molecule has 0 fully saturated rings. The van der Waals surface area contributed by atoms with Crippen molar-refractivity contribution in [2.24, 2.45) is 0 Å². The molecule has 0 saturated heterocycles. The van der Waals surface area contributed by atoms with E-state index in [9.17, 15) is 9.90 Å². The van der Waals surface area contributed by atoms with Gasteiger partial charge in [-0.2, -0.15) is 0 Å². The van der Waals surface area contributed by atoms with Crippen molar-refractivity contribution >= 4 is 17.3 Å². The molecule has 0 unspecified atom stereocenters. The van der Waals surface area contributed by atoms with Crippen LogP contribution in [0.4, 0.5) is 11.4 Å². The van der Waals surface area contributed by atoms with Gasteiger partial charge in [-0.05, 0) is 56.0 Å². The van der Waals surface area contributed by atoms with E-state index in [0.29, 0.717) is 11.3 Å². The first kappa shape index (κ1) is 17.0. The maximum atomic E-state index is 12.2.